The zero-order chi connectivity index (χ0) is 24.4. The SMILES string of the molecule is COC(=O)C(CCNC(=O)CCNC(=O)OC(C)(C)C)N1CCN(c2ncc(Br)cn2)CC1. The molecule has 184 valence electrons. The molecule has 0 saturated carbocycles. The van der Waals surface area contributed by atoms with Gasteiger partial charge >= 0.3 is 12.1 Å². The van der Waals surface area contributed by atoms with E-state index < -0.39 is 17.7 Å². The molecule has 0 bridgehead atoms. The summed E-state index contributed by atoms with van der Waals surface area (Å²) in [4.78, 5) is 48.8. The van der Waals surface area contributed by atoms with Crippen molar-refractivity contribution in [3.63, 3.8) is 0 Å². The number of aromatic nitrogens is 2. The Morgan fingerprint density at radius 2 is 1.73 bits per heavy atom. The van der Waals surface area contributed by atoms with E-state index >= 15 is 0 Å². The van der Waals surface area contributed by atoms with Gasteiger partial charge in [0.1, 0.15) is 11.6 Å². The van der Waals surface area contributed by atoms with Crippen LogP contribution in [0.1, 0.15) is 33.6 Å². The van der Waals surface area contributed by atoms with Gasteiger partial charge in [0.05, 0.1) is 11.6 Å². The van der Waals surface area contributed by atoms with Crippen molar-refractivity contribution in [3.8, 4) is 0 Å². The van der Waals surface area contributed by atoms with Gasteiger partial charge in [0, 0.05) is 58.1 Å². The minimum Gasteiger partial charge on any atom is -0.468 e. The third kappa shape index (κ3) is 9.50. The van der Waals surface area contributed by atoms with E-state index in [4.69, 9.17) is 9.47 Å². The van der Waals surface area contributed by atoms with E-state index in [-0.39, 0.29) is 24.8 Å². The molecule has 2 amide bonds. The van der Waals surface area contributed by atoms with Crippen molar-refractivity contribution in [2.75, 3.05) is 51.3 Å². The lowest BCUT2D eigenvalue weighted by Crippen LogP contribution is -2.54. The van der Waals surface area contributed by atoms with Crippen LogP contribution in [0.15, 0.2) is 16.9 Å². The quantitative estimate of drug-likeness (QED) is 0.456. The highest BCUT2D eigenvalue weighted by Crippen LogP contribution is 2.16. The second kappa shape index (κ2) is 12.7. The number of nitrogens with one attached hydrogen (secondary N) is 2. The molecule has 2 heterocycles. The molecule has 1 atom stereocenters. The summed E-state index contributed by atoms with van der Waals surface area (Å²) >= 11 is 3.33. The number of piperazine rings is 1. The Morgan fingerprint density at radius 1 is 1.09 bits per heavy atom. The fourth-order valence-electron chi connectivity index (χ4n) is 3.32. The standard InChI is InChI=1S/C21H33BrN6O5/c1-21(2,3)33-20(31)24-8-6-17(29)23-7-5-16(18(30)32-4)27-9-11-28(12-10-27)19-25-13-15(22)14-26-19/h13-14,16H,5-12H2,1-4H3,(H,23,29)(H,24,31). The summed E-state index contributed by atoms with van der Waals surface area (Å²) in [5.74, 6) is 0.107. The second-order valence-electron chi connectivity index (χ2n) is 8.58. The second-order valence-corrected chi connectivity index (χ2v) is 9.50. The number of carbonyl (C=O) groups is 3. The summed E-state index contributed by atoms with van der Waals surface area (Å²) in [7, 11) is 1.36. The molecule has 1 aliphatic heterocycles. The average molecular weight is 529 g/mol. The molecule has 11 nitrogen and oxygen atoms in total. The fourth-order valence-corrected chi connectivity index (χ4v) is 3.52. The molecule has 1 aromatic heterocycles. The number of amides is 2. The molecule has 12 heteroatoms. The Morgan fingerprint density at radius 3 is 2.30 bits per heavy atom. The third-order valence-corrected chi connectivity index (χ3v) is 5.29. The van der Waals surface area contributed by atoms with Gasteiger partial charge < -0.3 is 25.0 Å². The lowest BCUT2D eigenvalue weighted by Gasteiger charge is -2.38. The normalized spacial score (nSPS) is 15.5. The predicted molar refractivity (Wildman–Crippen MR) is 126 cm³/mol. The molecule has 0 spiro atoms. The van der Waals surface area contributed by atoms with E-state index in [0.717, 1.165) is 4.47 Å². The van der Waals surface area contributed by atoms with Crippen LogP contribution in [0.4, 0.5) is 10.7 Å². The number of hydrogen-bond donors (Lipinski definition) is 2. The van der Waals surface area contributed by atoms with Crippen LogP contribution in [0.3, 0.4) is 0 Å². The van der Waals surface area contributed by atoms with Crippen LogP contribution < -0.4 is 15.5 Å². The monoisotopic (exact) mass is 528 g/mol. The number of rotatable bonds is 9. The van der Waals surface area contributed by atoms with E-state index in [1.807, 2.05) is 0 Å². The summed E-state index contributed by atoms with van der Waals surface area (Å²) < 4.78 is 10.9. The van der Waals surface area contributed by atoms with Crippen LogP contribution in [0.2, 0.25) is 0 Å². The number of methoxy groups -OCH3 is 1. The highest BCUT2D eigenvalue weighted by atomic mass is 79.9. The van der Waals surface area contributed by atoms with Gasteiger partial charge in [0.15, 0.2) is 0 Å². The van der Waals surface area contributed by atoms with Crippen LogP contribution in [0, 0.1) is 0 Å². The molecule has 1 unspecified atom stereocenters. The number of hydrogen-bond acceptors (Lipinski definition) is 9. The van der Waals surface area contributed by atoms with Gasteiger partial charge in [-0.2, -0.15) is 0 Å². The third-order valence-electron chi connectivity index (χ3n) is 4.88. The first-order valence-electron chi connectivity index (χ1n) is 10.9. The van der Waals surface area contributed by atoms with Crippen LogP contribution in [-0.2, 0) is 19.1 Å². The van der Waals surface area contributed by atoms with Crippen molar-refractivity contribution in [3.05, 3.63) is 16.9 Å². The Labute approximate surface area is 202 Å². The Bertz CT molecular complexity index is 793. The number of alkyl carbamates (subject to hydrolysis) is 1. The lowest BCUT2D eigenvalue weighted by atomic mass is 10.1. The number of nitrogens with zero attached hydrogens (tertiary/aromatic N) is 4. The molecule has 1 fully saturated rings. The Kier molecular flexibility index (Phi) is 10.3. The van der Waals surface area contributed by atoms with Gasteiger partial charge in [-0.05, 0) is 43.1 Å². The maximum atomic E-state index is 12.4. The lowest BCUT2D eigenvalue weighted by molar-refractivity contribution is -0.147. The maximum absolute atomic E-state index is 12.4. The van der Waals surface area contributed by atoms with Gasteiger partial charge in [-0.15, -0.1) is 0 Å². The number of ether oxygens (including phenoxy) is 2. The molecule has 0 aliphatic carbocycles. The fraction of sp³-hybridized carbons (Fsp3) is 0.667. The van der Waals surface area contributed by atoms with Crippen molar-refractivity contribution in [2.45, 2.75) is 45.3 Å². The van der Waals surface area contributed by atoms with E-state index in [0.29, 0.717) is 45.1 Å². The van der Waals surface area contributed by atoms with Gasteiger partial charge in [-0.1, -0.05) is 0 Å². The van der Waals surface area contributed by atoms with E-state index in [1.165, 1.54) is 7.11 Å². The van der Waals surface area contributed by atoms with Crippen molar-refractivity contribution in [2.24, 2.45) is 0 Å². The average Bonchev–Trinajstić information content (AvgIpc) is 2.76. The Balaban J connectivity index is 1.75. The molecule has 1 saturated heterocycles. The van der Waals surface area contributed by atoms with Crippen molar-refractivity contribution >= 4 is 39.8 Å². The molecular formula is C21H33BrN6O5. The molecule has 33 heavy (non-hydrogen) atoms. The summed E-state index contributed by atoms with van der Waals surface area (Å²) in [6.45, 7) is 8.44. The van der Waals surface area contributed by atoms with Crippen LogP contribution in [0.25, 0.3) is 0 Å². The topological polar surface area (TPSA) is 126 Å². The molecular weight excluding hydrogens is 496 g/mol. The smallest absolute Gasteiger partial charge is 0.407 e. The molecule has 0 aromatic carbocycles. The first kappa shape index (κ1) is 26.8. The van der Waals surface area contributed by atoms with E-state index in [9.17, 15) is 14.4 Å². The number of esters is 1. The summed E-state index contributed by atoms with van der Waals surface area (Å²) in [6.07, 6.45) is 3.39. The van der Waals surface area contributed by atoms with Crippen molar-refractivity contribution in [1.82, 2.24) is 25.5 Å². The summed E-state index contributed by atoms with van der Waals surface area (Å²) in [5, 5.41) is 5.34. The van der Waals surface area contributed by atoms with E-state index in [1.54, 1.807) is 33.2 Å². The van der Waals surface area contributed by atoms with Crippen molar-refractivity contribution in [1.29, 1.82) is 0 Å². The number of halogens is 1. The van der Waals surface area contributed by atoms with Crippen LogP contribution in [0.5, 0.6) is 0 Å². The van der Waals surface area contributed by atoms with Gasteiger partial charge in [-0.3, -0.25) is 14.5 Å². The molecule has 2 rings (SSSR count). The largest absolute Gasteiger partial charge is 0.468 e. The predicted octanol–water partition coefficient (Wildman–Crippen LogP) is 1.32. The molecule has 0 radical (unpaired) electrons. The summed E-state index contributed by atoms with van der Waals surface area (Å²) in [5.41, 5.74) is -0.591. The maximum Gasteiger partial charge on any atom is 0.407 e. The van der Waals surface area contributed by atoms with Crippen LogP contribution in [-0.4, -0.2) is 90.9 Å². The van der Waals surface area contributed by atoms with Gasteiger partial charge in [0.25, 0.3) is 0 Å². The van der Waals surface area contributed by atoms with Crippen LogP contribution >= 0.6 is 15.9 Å². The van der Waals surface area contributed by atoms with Gasteiger partial charge in [-0.25, -0.2) is 14.8 Å². The van der Waals surface area contributed by atoms with Crippen molar-refractivity contribution < 1.29 is 23.9 Å². The highest BCUT2D eigenvalue weighted by molar-refractivity contribution is 9.10. The first-order chi connectivity index (χ1) is 15.6. The summed E-state index contributed by atoms with van der Waals surface area (Å²) in [6, 6.07) is -0.455. The Hall–Kier alpha value is -2.47. The highest BCUT2D eigenvalue weighted by Gasteiger charge is 2.30. The zero-order valence-electron chi connectivity index (χ0n) is 19.6. The minimum absolute atomic E-state index is 0.119. The van der Waals surface area contributed by atoms with Gasteiger partial charge in [0.2, 0.25) is 11.9 Å². The minimum atomic E-state index is -0.591. The molecule has 2 N–H and O–H groups in total. The number of carbonyl (C=O) groups excluding carboxylic acids is 3. The zero-order valence-corrected chi connectivity index (χ0v) is 21.2. The van der Waals surface area contributed by atoms with E-state index in [2.05, 4.69) is 46.3 Å². The number of anilines is 1. The molecule has 1 aliphatic rings. The first-order valence-corrected chi connectivity index (χ1v) is 11.7. The molecule has 1 aromatic rings.